The van der Waals surface area contributed by atoms with Crippen LogP contribution in [0.15, 0.2) is 79.0 Å². The Morgan fingerprint density at radius 2 is 1.75 bits per heavy atom. The second kappa shape index (κ2) is 6.75. The highest BCUT2D eigenvalue weighted by Gasteiger charge is 2.07. The zero-order chi connectivity index (χ0) is 16.9. The molecule has 0 aromatic heterocycles. The van der Waals surface area contributed by atoms with Crippen molar-refractivity contribution in [2.45, 2.75) is 0 Å². The predicted octanol–water partition coefficient (Wildman–Crippen LogP) is 4.56. The van der Waals surface area contributed by atoms with Crippen LogP contribution in [0.1, 0.15) is 10.4 Å². The lowest BCUT2D eigenvalue weighted by molar-refractivity contribution is -0.384. The first-order valence-electron chi connectivity index (χ1n) is 7.35. The number of hydrogen-bond acceptors (Lipinski definition) is 4. The van der Waals surface area contributed by atoms with Crippen LogP contribution in [0, 0.1) is 10.1 Å². The molecule has 0 atom stereocenters. The molecule has 5 nitrogen and oxygen atoms in total. The van der Waals surface area contributed by atoms with Gasteiger partial charge in [-0.3, -0.25) is 14.9 Å². The zero-order valence-electron chi connectivity index (χ0n) is 12.7. The van der Waals surface area contributed by atoms with Gasteiger partial charge in [0.2, 0.25) is 0 Å². The van der Waals surface area contributed by atoms with Gasteiger partial charge in [-0.25, -0.2) is 0 Å². The van der Waals surface area contributed by atoms with Crippen LogP contribution in [0.5, 0.6) is 0 Å². The summed E-state index contributed by atoms with van der Waals surface area (Å²) in [7, 11) is 0. The number of fused-ring (bicyclic) bond motifs is 1. The molecule has 0 aliphatic heterocycles. The van der Waals surface area contributed by atoms with Gasteiger partial charge in [-0.2, -0.15) is 0 Å². The molecule has 0 fully saturated rings. The van der Waals surface area contributed by atoms with Gasteiger partial charge < -0.3 is 5.32 Å². The monoisotopic (exact) mass is 318 g/mol. The van der Waals surface area contributed by atoms with Crippen molar-refractivity contribution in [2.75, 3.05) is 5.32 Å². The number of carbonyl (C=O) groups is 1. The number of non-ortho nitro benzene ring substituents is 1. The average molecular weight is 318 g/mol. The number of hydrogen-bond donors (Lipinski definition) is 1. The molecule has 3 aromatic rings. The molecule has 118 valence electrons. The van der Waals surface area contributed by atoms with E-state index in [0.717, 1.165) is 10.8 Å². The third-order valence-corrected chi connectivity index (χ3v) is 3.60. The smallest absolute Gasteiger partial charge is 0.271 e. The summed E-state index contributed by atoms with van der Waals surface area (Å²) in [6.45, 7) is 0. The molecular weight excluding hydrogens is 304 g/mol. The highest BCUT2D eigenvalue weighted by atomic mass is 16.6. The Morgan fingerprint density at radius 1 is 1.00 bits per heavy atom. The van der Waals surface area contributed by atoms with E-state index in [1.165, 1.54) is 24.4 Å². The van der Waals surface area contributed by atoms with Crippen LogP contribution in [-0.2, 0) is 0 Å². The lowest BCUT2D eigenvalue weighted by Gasteiger charge is -2.03. The molecule has 3 aromatic carbocycles. The molecule has 0 aliphatic rings. The van der Waals surface area contributed by atoms with Crippen molar-refractivity contribution >= 4 is 27.9 Å². The molecule has 0 unspecified atom stereocenters. The number of nitro groups is 1. The molecule has 0 radical (unpaired) electrons. The number of allylic oxidation sites excluding steroid dienone is 1. The zero-order valence-corrected chi connectivity index (χ0v) is 12.7. The first-order valence-corrected chi connectivity index (χ1v) is 7.35. The van der Waals surface area contributed by atoms with Crippen LogP contribution in [0.3, 0.4) is 0 Å². The number of nitrogens with one attached hydrogen (secondary N) is 1. The van der Waals surface area contributed by atoms with Crippen molar-refractivity contribution in [1.82, 2.24) is 0 Å². The minimum absolute atomic E-state index is 0.00576. The van der Waals surface area contributed by atoms with Crippen molar-refractivity contribution in [1.29, 1.82) is 0 Å². The van der Waals surface area contributed by atoms with Gasteiger partial charge in [-0.15, -0.1) is 0 Å². The maximum atomic E-state index is 12.4. The van der Waals surface area contributed by atoms with Gasteiger partial charge in [0.05, 0.1) is 4.92 Å². The van der Waals surface area contributed by atoms with E-state index in [2.05, 4.69) is 5.32 Å². The second-order valence-corrected chi connectivity index (χ2v) is 5.18. The summed E-state index contributed by atoms with van der Waals surface area (Å²) in [6, 6.07) is 19.4. The van der Waals surface area contributed by atoms with E-state index in [4.69, 9.17) is 0 Å². The Bertz CT molecular complexity index is 943. The van der Waals surface area contributed by atoms with Crippen LogP contribution in [-0.4, -0.2) is 10.7 Å². The Morgan fingerprint density at radius 3 is 2.58 bits per heavy atom. The van der Waals surface area contributed by atoms with Crippen molar-refractivity contribution in [2.24, 2.45) is 0 Å². The standard InChI is InChI=1S/C19H14N2O3/c22-19(18-10-3-6-14-5-1-2-9-17(14)18)11-12-20-15-7-4-8-16(13-15)21(23)24/h1-13,20H/b12-11+. The van der Waals surface area contributed by atoms with Crippen molar-refractivity contribution in [3.8, 4) is 0 Å². The van der Waals surface area contributed by atoms with Crippen LogP contribution in [0.4, 0.5) is 11.4 Å². The number of benzene rings is 3. The Kier molecular flexibility index (Phi) is 4.34. The van der Waals surface area contributed by atoms with E-state index in [9.17, 15) is 14.9 Å². The third kappa shape index (κ3) is 3.30. The number of rotatable bonds is 5. The summed E-state index contributed by atoms with van der Waals surface area (Å²) in [5, 5.41) is 15.5. The Labute approximate surface area is 138 Å². The first-order chi connectivity index (χ1) is 11.6. The van der Waals surface area contributed by atoms with Crippen molar-refractivity contribution in [3.05, 3.63) is 94.7 Å². The van der Waals surface area contributed by atoms with Gasteiger partial charge in [0.1, 0.15) is 0 Å². The fourth-order valence-electron chi connectivity index (χ4n) is 2.45. The maximum Gasteiger partial charge on any atom is 0.271 e. The number of carbonyl (C=O) groups excluding carboxylic acids is 1. The Hall–Kier alpha value is -3.47. The topological polar surface area (TPSA) is 72.2 Å². The van der Waals surface area contributed by atoms with Crippen LogP contribution < -0.4 is 5.32 Å². The maximum absolute atomic E-state index is 12.4. The second-order valence-electron chi connectivity index (χ2n) is 5.18. The molecule has 24 heavy (non-hydrogen) atoms. The molecule has 3 rings (SSSR count). The molecular formula is C19H14N2O3. The lowest BCUT2D eigenvalue weighted by atomic mass is 10.0. The molecule has 0 heterocycles. The highest BCUT2D eigenvalue weighted by Crippen LogP contribution is 2.20. The third-order valence-electron chi connectivity index (χ3n) is 3.60. The molecule has 0 spiro atoms. The van der Waals surface area contributed by atoms with E-state index in [0.29, 0.717) is 11.3 Å². The van der Waals surface area contributed by atoms with E-state index < -0.39 is 4.92 Å². The van der Waals surface area contributed by atoms with Gasteiger partial charge in [-0.1, -0.05) is 48.5 Å². The van der Waals surface area contributed by atoms with E-state index >= 15 is 0 Å². The number of nitrogens with zero attached hydrogens (tertiary/aromatic N) is 1. The van der Waals surface area contributed by atoms with Gasteiger partial charge in [-0.05, 0) is 16.8 Å². The molecule has 0 bridgehead atoms. The van der Waals surface area contributed by atoms with Gasteiger partial charge in [0.25, 0.3) is 5.69 Å². The van der Waals surface area contributed by atoms with Crippen LogP contribution in [0.25, 0.3) is 10.8 Å². The lowest BCUT2D eigenvalue weighted by Crippen LogP contribution is -1.98. The van der Waals surface area contributed by atoms with E-state index in [-0.39, 0.29) is 11.5 Å². The van der Waals surface area contributed by atoms with Crippen LogP contribution in [0.2, 0.25) is 0 Å². The molecule has 1 N–H and O–H groups in total. The summed E-state index contributed by atoms with van der Waals surface area (Å²) < 4.78 is 0. The minimum atomic E-state index is -0.462. The summed E-state index contributed by atoms with van der Waals surface area (Å²) in [5.74, 6) is -0.135. The molecule has 5 heteroatoms. The van der Waals surface area contributed by atoms with Crippen molar-refractivity contribution < 1.29 is 9.72 Å². The van der Waals surface area contributed by atoms with Crippen molar-refractivity contribution in [3.63, 3.8) is 0 Å². The predicted molar refractivity (Wildman–Crippen MR) is 94.1 cm³/mol. The highest BCUT2D eigenvalue weighted by molar-refractivity contribution is 6.13. The molecule has 0 saturated carbocycles. The number of ketones is 1. The van der Waals surface area contributed by atoms with E-state index in [1.807, 2.05) is 36.4 Å². The largest absolute Gasteiger partial charge is 0.361 e. The fraction of sp³-hybridized carbons (Fsp3) is 0. The molecule has 0 amide bonds. The summed E-state index contributed by atoms with van der Waals surface area (Å²) in [6.07, 6.45) is 2.91. The Balaban J connectivity index is 1.78. The van der Waals surface area contributed by atoms with Gasteiger partial charge in [0, 0.05) is 35.7 Å². The number of anilines is 1. The molecule has 0 aliphatic carbocycles. The summed E-state index contributed by atoms with van der Waals surface area (Å²) in [5.41, 5.74) is 1.16. The minimum Gasteiger partial charge on any atom is -0.361 e. The normalized spacial score (nSPS) is 10.8. The summed E-state index contributed by atoms with van der Waals surface area (Å²) >= 11 is 0. The van der Waals surface area contributed by atoms with Gasteiger partial charge in [0.15, 0.2) is 5.78 Å². The average Bonchev–Trinajstić information content (AvgIpc) is 2.61. The van der Waals surface area contributed by atoms with Gasteiger partial charge >= 0.3 is 0 Å². The van der Waals surface area contributed by atoms with Crippen LogP contribution >= 0.6 is 0 Å². The SMILES string of the molecule is O=C(/C=C/Nc1cccc([N+](=O)[O-])c1)c1cccc2ccccc12. The molecule has 0 saturated heterocycles. The summed E-state index contributed by atoms with van der Waals surface area (Å²) in [4.78, 5) is 22.7. The quantitative estimate of drug-likeness (QED) is 0.324. The number of nitro benzene ring substituents is 1. The fourth-order valence-corrected chi connectivity index (χ4v) is 2.45. The first kappa shape index (κ1) is 15.4. The van der Waals surface area contributed by atoms with E-state index in [1.54, 1.807) is 18.2 Å².